The minimum Gasteiger partial charge on any atom is -0.497 e. The number of hydrogen-bond acceptors (Lipinski definition) is 4. The molecule has 0 radical (unpaired) electrons. The standard InChI is InChI=1S/C18H23N3O3/c1-4-6-14-16(18(19)23)20-21(17(14)15(22)7-5-2)12-8-10-13(24-3)11-9-12/h8-11H,4-7H2,1-3H3,(H2,19,23). The maximum atomic E-state index is 12.7. The molecule has 2 rings (SSSR count). The van der Waals surface area contributed by atoms with Crippen molar-refractivity contribution in [1.29, 1.82) is 0 Å². The van der Waals surface area contributed by atoms with Gasteiger partial charge in [0, 0.05) is 12.0 Å². The zero-order valence-electron chi connectivity index (χ0n) is 14.3. The molecule has 128 valence electrons. The number of ketones is 1. The van der Waals surface area contributed by atoms with E-state index < -0.39 is 5.91 Å². The maximum absolute atomic E-state index is 12.7. The number of benzene rings is 1. The van der Waals surface area contributed by atoms with Crippen molar-refractivity contribution >= 4 is 11.7 Å². The molecule has 6 nitrogen and oxygen atoms in total. The Hall–Kier alpha value is -2.63. The molecule has 0 atom stereocenters. The van der Waals surface area contributed by atoms with Crippen LogP contribution < -0.4 is 10.5 Å². The van der Waals surface area contributed by atoms with Crippen LogP contribution in [-0.2, 0) is 6.42 Å². The number of nitrogens with two attached hydrogens (primary N) is 1. The van der Waals surface area contributed by atoms with Crippen molar-refractivity contribution in [2.45, 2.75) is 39.5 Å². The van der Waals surface area contributed by atoms with Crippen molar-refractivity contribution < 1.29 is 14.3 Å². The number of amides is 1. The normalized spacial score (nSPS) is 10.6. The van der Waals surface area contributed by atoms with E-state index in [9.17, 15) is 9.59 Å². The molecule has 2 N–H and O–H groups in total. The number of methoxy groups -OCH3 is 1. The Labute approximate surface area is 141 Å². The molecule has 1 aromatic heterocycles. The molecule has 0 bridgehead atoms. The summed E-state index contributed by atoms with van der Waals surface area (Å²) in [6.07, 6.45) is 2.50. The number of primary amides is 1. The van der Waals surface area contributed by atoms with Gasteiger partial charge in [0.1, 0.15) is 11.4 Å². The quantitative estimate of drug-likeness (QED) is 0.754. The highest BCUT2D eigenvalue weighted by atomic mass is 16.5. The van der Waals surface area contributed by atoms with Gasteiger partial charge in [-0.2, -0.15) is 5.10 Å². The number of Topliss-reactive ketones (excluding diaryl/α,β-unsaturated/α-hetero) is 1. The predicted octanol–water partition coefficient (Wildman–Crippen LogP) is 2.92. The zero-order valence-corrected chi connectivity index (χ0v) is 14.3. The summed E-state index contributed by atoms with van der Waals surface area (Å²) in [7, 11) is 1.59. The molecule has 1 amide bonds. The molecule has 0 saturated heterocycles. The van der Waals surface area contributed by atoms with E-state index in [1.165, 1.54) is 4.68 Å². The first-order chi connectivity index (χ1) is 11.5. The molecule has 0 unspecified atom stereocenters. The molecule has 1 aromatic carbocycles. The summed E-state index contributed by atoms with van der Waals surface area (Å²) < 4.78 is 6.69. The summed E-state index contributed by atoms with van der Waals surface area (Å²) in [5, 5.41) is 4.34. The van der Waals surface area contributed by atoms with Gasteiger partial charge in [0.15, 0.2) is 11.5 Å². The minimum atomic E-state index is -0.615. The van der Waals surface area contributed by atoms with Crippen LogP contribution in [0.5, 0.6) is 5.75 Å². The van der Waals surface area contributed by atoms with E-state index >= 15 is 0 Å². The summed E-state index contributed by atoms with van der Waals surface area (Å²) in [5.41, 5.74) is 7.44. The summed E-state index contributed by atoms with van der Waals surface area (Å²) in [6, 6.07) is 7.17. The van der Waals surface area contributed by atoms with E-state index in [2.05, 4.69) is 5.10 Å². The van der Waals surface area contributed by atoms with E-state index in [4.69, 9.17) is 10.5 Å². The second kappa shape index (κ2) is 7.77. The molecule has 0 saturated carbocycles. The fourth-order valence-electron chi connectivity index (χ4n) is 2.68. The number of rotatable bonds is 8. The van der Waals surface area contributed by atoms with Gasteiger partial charge in [0.05, 0.1) is 12.8 Å². The predicted molar refractivity (Wildman–Crippen MR) is 91.9 cm³/mol. The lowest BCUT2D eigenvalue weighted by atomic mass is 10.0. The highest BCUT2D eigenvalue weighted by molar-refractivity contribution is 6.01. The van der Waals surface area contributed by atoms with E-state index in [1.807, 2.05) is 13.8 Å². The second-order valence-corrected chi connectivity index (χ2v) is 5.57. The Morgan fingerprint density at radius 3 is 2.33 bits per heavy atom. The fraction of sp³-hybridized carbons (Fsp3) is 0.389. The summed E-state index contributed by atoms with van der Waals surface area (Å²) >= 11 is 0. The molecule has 0 aliphatic rings. The Balaban J connectivity index is 2.65. The highest BCUT2D eigenvalue weighted by Gasteiger charge is 2.25. The third-order valence-electron chi connectivity index (χ3n) is 3.78. The Morgan fingerprint density at radius 2 is 1.83 bits per heavy atom. The van der Waals surface area contributed by atoms with Crippen LogP contribution in [0.4, 0.5) is 0 Å². The highest BCUT2D eigenvalue weighted by Crippen LogP contribution is 2.24. The number of carbonyl (C=O) groups is 2. The van der Waals surface area contributed by atoms with Crippen LogP contribution in [0, 0.1) is 0 Å². The van der Waals surface area contributed by atoms with Crippen LogP contribution in [0.3, 0.4) is 0 Å². The third-order valence-corrected chi connectivity index (χ3v) is 3.78. The van der Waals surface area contributed by atoms with Gasteiger partial charge in [-0.1, -0.05) is 20.3 Å². The third kappa shape index (κ3) is 3.48. The number of aromatic nitrogens is 2. The molecule has 0 fully saturated rings. The fourth-order valence-corrected chi connectivity index (χ4v) is 2.68. The summed E-state index contributed by atoms with van der Waals surface area (Å²) in [4.78, 5) is 24.4. The van der Waals surface area contributed by atoms with Crippen LogP contribution in [0.2, 0.25) is 0 Å². The van der Waals surface area contributed by atoms with Gasteiger partial charge < -0.3 is 10.5 Å². The lowest BCUT2D eigenvalue weighted by Crippen LogP contribution is -2.14. The molecule has 2 aromatic rings. The molecular weight excluding hydrogens is 306 g/mol. The first-order valence-corrected chi connectivity index (χ1v) is 8.12. The molecule has 0 aliphatic heterocycles. The average molecular weight is 329 g/mol. The van der Waals surface area contributed by atoms with Crippen LogP contribution in [0.1, 0.15) is 59.7 Å². The molecule has 24 heavy (non-hydrogen) atoms. The van der Waals surface area contributed by atoms with Gasteiger partial charge >= 0.3 is 0 Å². The van der Waals surface area contributed by atoms with Crippen molar-refractivity contribution in [3.05, 3.63) is 41.2 Å². The van der Waals surface area contributed by atoms with Crippen LogP contribution in [0.25, 0.3) is 5.69 Å². The number of carbonyl (C=O) groups excluding carboxylic acids is 2. The van der Waals surface area contributed by atoms with E-state index in [0.717, 1.165) is 12.8 Å². The lowest BCUT2D eigenvalue weighted by molar-refractivity contribution is 0.0971. The Bertz CT molecular complexity index is 733. The van der Waals surface area contributed by atoms with Crippen molar-refractivity contribution in [3.8, 4) is 11.4 Å². The van der Waals surface area contributed by atoms with Gasteiger partial charge in [0.25, 0.3) is 5.91 Å². The number of hydrogen-bond donors (Lipinski definition) is 1. The van der Waals surface area contributed by atoms with Gasteiger partial charge in [-0.25, -0.2) is 4.68 Å². The van der Waals surface area contributed by atoms with Gasteiger partial charge in [-0.15, -0.1) is 0 Å². The lowest BCUT2D eigenvalue weighted by Gasteiger charge is -2.09. The molecule has 0 spiro atoms. The van der Waals surface area contributed by atoms with Crippen molar-refractivity contribution in [1.82, 2.24) is 9.78 Å². The molecular formula is C18H23N3O3. The van der Waals surface area contributed by atoms with Crippen molar-refractivity contribution in [3.63, 3.8) is 0 Å². The van der Waals surface area contributed by atoms with Crippen LogP contribution in [-0.4, -0.2) is 28.6 Å². The van der Waals surface area contributed by atoms with Gasteiger partial charge in [0.2, 0.25) is 0 Å². The minimum absolute atomic E-state index is 0.0308. The molecule has 0 aliphatic carbocycles. The molecule has 6 heteroatoms. The maximum Gasteiger partial charge on any atom is 0.269 e. The first-order valence-electron chi connectivity index (χ1n) is 8.12. The smallest absolute Gasteiger partial charge is 0.269 e. The second-order valence-electron chi connectivity index (χ2n) is 5.57. The van der Waals surface area contributed by atoms with Crippen molar-refractivity contribution in [2.24, 2.45) is 5.73 Å². The zero-order chi connectivity index (χ0) is 17.7. The number of ether oxygens (including phenoxy) is 1. The van der Waals surface area contributed by atoms with Gasteiger partial charge in [-0.05, 0) is 37.1 Å². The van der Waals surface area contributed by atoms with E-state index in [-0.39, 0.29) is 11.5 Å². The Kier molecular flexibility index (Phi) is 5.73. The SMILES string of the molecule is CCCC(=O)c1c(CCC)c(C(N)=O)nn1-c1ccc(OC)cc1. The van der Waals surface area contributed by atoms with E-state index in [0.29, 0.717) is 35.5 Å². The molecule has 1 heterocycles. The Morgan fingerprint density at radius 1 is 1.17 bits per heavy atom. The van der Waals surface area contributed by atoms with Gasteiger partial charge in [-0.3, -0.25) is 9.59 Å². The topological polar surface area (TPSA) is 87.2 Å². The monoisotopic (exact) mass is 329 g/mol. The summed E-state index contributed by atoms with van der Waals surface area (Å²) in [5.74, 6) is 0.0595. The first kappa shape index (κ1) is 17.7. The largest absolute Gasteiger partial charge is 0.497 e. The van der Waals surface area contributed by atoms with Crippen molar-refractivity contribution in [2.75, 3.05) is 7.11 Å². The van der Waals surface area contributed by atoms with E-state index in [1.54, 1.807) is 31.4 Å². The summed E-state index contributed by atoms with van der Waals surface area (Å²) in [6.45, 7) is 3.93. The number of nitrogens with zero attached hydrogens (tertiary/aromatic N) is 2. The van der Waals surface area contributed by atoms with Crippen LogP contribution in [0.15, 0.2) is 24.3 Å². The average Bonchev–Trinajstić information content (AvgIpc) is 2.95. The van der Waals surface area contributed by atoms with Crippen LogP contribution >= 0.6 is 0 Å².